The summed E-state index contributed by atoms with van der Waals surface area (Å²) in [5.74, 6) is -4.04. The highest BCUT2D eigenvalue weighted by Crippen LogP contribution is 2.58. The van der Waals surface area contributed by atoms with Gasteiger partial charge in [-0.15, -0.1) is 0 Å². The lowest BCUT2D eigenvalue weighted by Crippen LogP contribution is -2.43. The van der Waals surface area contributed by atoms with Crippen LogP contribution in [-0.2, 0) is 42.4 Å². The smallest absolute Gasteiger partial charge is 0.403 e. The molecule has 0 spiro atoms. The SMILES string of the molecule is [2H][C@@]1(n2cc(CO)c(=O)[nH]c2=S)O[C@](F)(COP2(=O)OCc3c(F)c(C(C)(C)C)cc(C(C)(C)C)c3O2)[C@@H](O)[C@H]1O. The van der Waals surface area contributed by atoms with Crippen molar-refractivity contribution in [2.45, 2.75) is 89.9 Å². The third-order valence-electron chi connectivity index (χ3n) is 6.61. The number of benzene rings is 1. The summed E-state index contributed by atoms with van der Waals surface area (Å²) in [7, 11) is -4.65. The van der Waals surface area contributed by atoms with Crippen molar-refractivity contribution >= 4 is 20.0 Å². The number of hydrogen-bond donors (Lipinski definition) is 4. The number of aliphatic hydroxyl groups excluding tert-OH is 3. The van der Waals surface area contributed by atoms with Crippen LogP contribution in [0, 0.1) is 10.6 Å². The number of phosphoric ester groups is 1. The number of ether oxygens (including phenoxy) is 1. The van der Waals surface area contributed by atoms with Crippen LogP contribution in [-0.4, -0.2) is 49.5 Å². The molecule has 0 radical (unpaired) electrons. The second-order valence-corrected chi connectivity index (χ2v) is 13.7. The van der Waals surface area contributed by atoms with Gasteiger partial charge < -0.3 is 24.6 Å². The minimum Gasteiger partial charge on any atom is -0.403 e. The number of fused-ring (bicyclic) bond motifs is 1. The molecule has 1 fully saturated rings. The predicted molar refractivity (Wildman–Crippen MR) is 141 cm³/mol. The second kappa shape index (κ2) is 10.4. The molecule has 3 heterocycles. The van der Waals surface area contributed by atoms with Crippen molar-refractivity contribution in [2.75, 3.05) is 6.61 Å². The first-order valence-corrected chi connectivity index (χ1v) is 14.2. The highest BCUT2D eigenvalue weighted by Gasteiger charge is 2.57. The van der Waals surface area contributed by atoms with Gasteiger partial charge in [-0.25, -0.2) is 13.3 Å². The molecular formula is C25H33F2N2O9PS. The number of nitrogens with one attached hydrogen (secondary N) is 1. The van der Waals surface area contributed by atoms with Crippen LogP contribution < -0.4 is 10.1 Å². The first-order chi connectivity index (χ1) is 18.7. The van der Waals surface area contributed by atoms with Gasteiger partial charge in [-0.2, -0.15) is 0 Å². The van der Waals surface area contributed by atoms with Crippen LogP contribution in [0.2, 0.25) is 0 Å². The van der Waals surface area contributed by atoms with E-state index in [1.54, 1.807) is 6.07 Å². The molecular weight excluding hydrogens is 573 g/mol. The number of hydrogen-bond acceptors (Lipinski definition) is 10. The van der Waals surface area contributed by atoms with Gasteiger partial charge in [0.1, 0.15) is 30.4 Å². The number of phosphoric acid groups is 1. The lowest BCUT2D eigenvalue weighted by atomic mass is 9.78. The van der Waals surface area contributed by atoms with E-state index in [1.807, 2.05) is 41.5 Å². The van der Waals surface area contributed by atoms with Crippen molar-refractivity contribution in [3.8, 4) is 5.75 Å². The average molecular weight is 608 g/mol. The van der Waals surface area contributed by atoms with Crippen LogP contribution in [0.3, 0.4) is 0 Å². The molecule has 2 aromatic rings. The molecule has 1 aromatic heterocycles. The quantitative estimate of drug-likeness (QED) is 0.292. The molecule has 0 aliphatic carbocycles. The zero-order valence-corrected chi connectivity index (χ0v) is 24.5. The standard InChI is InChI=1S/C25H33F2N2O9PS/c1-23(2,3)14-7-15(24(4,5)6)18-13(16(14)26)10-35-39(34,38-18)36-11-25(27)19(32)17(31)21(37-25)29-8-12(9-30)20(33)28-22(29)40/h7-8,17,19,21,30-32H,9-11H2,1-6H3,(H,28,33,40)/t17-,19+,21-,25-,39?/m1/s1/i21D. The molecule has 4 rings (SSSR count). The Labute approximate surface area is 235 Å². The summed E-state index contributed by atoms with van der Waals surface area (Å²) in [6.45, 7) is 8.37. The fourth-order valence-corrected chi connectivity index (χ4v) is 5.77. The summed E-state index contributed by atoms with van der Waals surface area (Å²) in [6, 6.07) is 1.61. The molecule has 222 valence electrons. The number of aromatic amines is 1. The first kappa shape index (κ1) is 29.5. The average Bonchev–Trinajstić information content (AvgIpc) is 3.02. The van der Waals surface area contributed by atoms with Crippen LogP contribution in [0.5, 0.6) is 5.75 Å². The fourth-order valence-electron chi connectivity index (χ4n) is 4.31. The number of rotatable bonds is 5. The van der Waals surface area contributed by atoms with E-state index in [4.69, 9.17) is 31.9 Å². The summed E-state index contributed by atoms with van der Waals surface area (Å²) in [5.41, 5.74) is -1.35. The van der Waals surface area contributed by atoms with Crippen molar-refractivity contribution in [1.29, 1.82) is 0 Å². The maximum Gasteiger partial charge on any atom is 0.530 e. The molecule has 0 bridgehead atoms. The Morgan fingerprint density at radius 1 is 1.27 bits per heavy atom. The summed E-state index contributed by atoms with van der Waals surface area (Å²) in [5, 5.41) is 30.5. The zero-order valence-electron chi connectivity index (χ0n) is 23.8. The molecule has 1 aromatic carbocycles. The molecule has 2 aliphatic heterocycles. The monoisotopic (exact) mass is 607 g/mol. The summed E-state index contributed by atoms with van der Waals surface area (Å²) >= 11 is 4.99. The molecule has 1 unspecified atom stereocenters. The Kier molecular flexibility index (Phi) is 7.63. The van der Waals surface area contributed by atoms with Crippen molar-refractivity contribution < 1.29 is 48.3 Å². The Balaban J connectivity index is 1.65. The minimum atomic E-state index is -4.65. The molecule has 11 nitrogen and oxygen atoms in total. The Morgan fingerprint density at radius 3 is 2.48 bits per heavy atom. The van der Waals surface area contributed by atoms with Gasteiger partial charge in [-0.1, -0.05) is 41.5 Å². The lowest BCUT2D eigenvalue weighted by Gasteiger charge is -2.34. The van der Waals surface area contributed by atoms with E-state index >= 15 is 8.78 Å². The number of aromatic nitrogens is 2. The second-order valence-electron chi connectivity index (χ2n) is 11.7. The van der Waals surface area contributed by atoms with Crippen molar-refractivity contribution in [3.05, 3.63) is 55.5 Å². The van der Waals surface area contributed by atoms with Gasteiger partial charge in [0.15, 0.2) is 11.0 Å². The van der Waals surface area contributed by atoms with Crippen molar-refractivity contribution in [3.63, 3.8) is 0 Å². The number of aliphatic hydroxyl groups is 3. The van der Waals surface area contributed by atoms with Gasteiger partial charge in [0.25, 0.3) is 11.4 Å². The van der Waals surface area contributed by atoms with E-state index in [0.717, 1.165) is 6.20 Å². The molecule has 0 saturated carbocycles. The first-order valence-electron chi connectivity index (χ1n) is 12.8. The summed E-state index contributed by atoms with van der Waals surface area (Å²) in [6.07, 6.45) is -6.71. The van der Waals surface area contributed by atoms with Gasteiger partial charge in [-0.05, 0) is 34.7 Å². The van der Waals surface area contributed by atoms with Gasteiger partial charge in [-0.3, -0.25) is 23.4 Å². The zero-order chi connectivity index (χ0) is 30.9. The normalized spacial score (nSPS) is 31.0. The van der Waals surface area contributed by atoms with E-state index in [9.17, 15) is 24.7 Å². The van der Waals surface area contributed by atoms with E-state index in [-0.39, 0.29) is 16.9 Å². The third kappa shape index (κ3) is 5.56. The number of halogens is 2. The fraction of sp³-hybridized carbons (Fsp3) is 0.600. The van der Waals surface area contributed by atoms with Crippen LogP contribution in [0.15, 0.2) is 17.1 Å². The molecule has 15 heteroatoms. The Morgan fingerprint density at radius 2 is 1.90 bits per heavy atom. The van der Waals surface area contributed by atoms with Crippen LogP contribution in [0.4, 0.5) is 8.78 Å². The lowest BCUT2D eigenvalue weighted by molar-refractivity contribution is -0.205. The summed E-state index contributed by atoms with van der Waals surface area (Å²) < 4.78 is 74.7. The van der Waals surface area contributed by atoms with Crippen LogP contribution >= 0.6 is 20.0 Å². The number of alkyl halides is 1. The van der Waals surface area contributed by atoms with E-state index in [2.05, 4.69) is 4.98 Å². The van der Waals surface area contributed by atoms with Gasteiger partial charge in [0, 0.05) is 11.8 Å². The van der Waals surface area contributed by atoms with Gasteiger partial charge in [0.2, 0.25) is 0 Å². The molecule has 2 aliphatic rings. The predicted octanol–water partition coefficient (Wildman–Crippen LogP) is 3.78. The molecule has 40 heavy (non-hydrogen) atoms. The molecule has 1 saturated heterocycles. The van der Waals surface area contributed by atoms with Gasteiger partial charge in [0.05, 0.1) is 25.7 Å². The Hall–Kier alpha value is -2.03. The molecule has 4 N–H and O–H groups in total. The van der Waals surface area contributed by atoms with E-state index in [1.165, 1.54) is 0 Å². The van der Waals surface area contributed by atoms with Crippen molar-refractivity contribution in [2.24, 2.45) is 0 Å². The number of H-pyrrole nitrogens is 1. The Bertz CT molecular complexity index is 1540. The highest BCUT2D eigenvalue weighted by atomic mass is 32.1. The maximum absolute atomic E-state index is 15.9. The van der Waals surface area contributed by atoms with E-state index in [0.29, 0.717) is 15.7 Å². The highest BCUT2D eigenvalue weighted by molar-refractivity contribution is 7.71. The van der Waals surface area contributed by atoms with Crippen LogP contribution in [0.25, 0.3) is 0 Å². The van der Waals surface area contributed by atoms with Gasteiger partial charge >= 0.3 is 7.82 Å². The minimum absolute atomic E-state index is 0.0114. The third-order valence-corrected chi connectivity index (χ3v) is 8.20. The number of nitrogens with zero attached hydrogens (tertiary/aromatic N) is 1. The molecule has 0 amide bonds. The van der Waals surface area contributed by atoms with E-state index < -0.39 is 78.9 Å². The van der Waals surface area contributed by atoms with Crippen LogP contribution in [0.1, 0.15) is 71.4 Å². The maximum atomic E-state index is 15.9. The summed E-state index contributed by atoms with van der Waals surface area (Å²) in [4.78, 5) is 14.1. The topological polar surface area (TPSA) is 152 Å². The van der Waals surface area contributed by atoms with Crippen molar-refractivity contribution in [1.82, 2.24) is 9.55 Å². The molecule has 5 atom stereocenters. The largest absolute Gasteiger partial charge is 0.530 e.